The van der Waals surface area contributed by atoms with Crippen molar-refractivity contribution in [1.82, 2.24) is 4.90 Å². The molecular weight excluding hydrogens is 483 g/mol. The van der Waals surface area contributed by atoms with E-state index in [1.165, 1.54) is 19.2 Å². The van der Waals surface area contributed by atoms with E-state index < -0.39 is 17.0 Å². The highest BCUT2D eigenvalue weighted by atomic mass is 32.2. The van der Waals surface area contributed by atoms with Crippen molar-refractivity contribution in [2.75, 3.05) is 19.0 Å². The van der Waals surface area contributed by atoms with E-state index in [2.05, 4.69) is 5.32 Å². The van der Waals surface area contributed by atoms with Gasteiger partial charge >= 0.3 is 0 Å². The van der Waals surface area contributed by atoms with Crippen molar-refractivity contribution < 1.29 is 28.2 Å². The van der Waals surface area contributed by atoms with Crippen LogP contribution in [0.3, 0.4) is 0 Å². The van der Waals surface area contributed by atoms with Gasteiger partial charge in [0.1, 0.15) is 5.82 Å². The Balaban J connectivity index is 1.43. The predicted octanol–water partition coefficient (Wildman–Crippen LogP) is 5.40. The highest BCUT2D eigenvalue weighted by Gasteiger charge is 2.35. The van der Waals surface area contributed by atoms with E-state index in [1.807, 2.05) is 25.1 Å². The van der Waals surface area contributed by atoms with Crippen LogP contribution in [-0.4, -0.2) is 35.7 Å². The second kappa shape index (κ2) is 11.1. The number of halogens is 1. The molecule has 0 saturated carbocycles. The predicted molar refractivity (Wildman–Crippen MR) is 136 cm³/mol. The van der Waals surface area contributed by atoms with Crippen molar-refractivity contribution >= 4 is 40.6 Å². The molecule has 0 aliphatic carbocycles. The summed E-state index contributed by atoms with van der Waals surface area (Å²) in [5.74, 6) is -0.590. The van der Waals surface area contributed by atoms with Gasteiger partial charge in [-0.3, -0.25) is 19.3 Å². The van der Waals surface area contributed by atoms with Crippen LogP contribution in [0.25, 0.3) is 6.08 Å². The minimum Gasteiger partial charge on any atom is -0.493 e. The molecule has 36 heavy (non-hydrogen) atoms. The summed E-state index contributed by atoms with van der Waals surface area (Å²) >= 11 is 0.787. The third-order valence-corrected chi connectivity index (χ3v) is 6.33. The van der Waals surface area contributed by atoms with Gasteiger partial charge < -0.3 is 14.8 Å². The van der Waals surface area contributed by atoms with Crippen molar-refractivity contribution in [2.45, 2.75) is 13.5 Å². The first-order valence-corrected chi connectivity index (χ1v) is 11.8. The fraction of sp³-hybridized carbons (Fsp3) is 0.148. The number of thioether (sulfide) groups is 1. The van der Waals surface area contributed by atoms with Crippen LogP contribution in [0, 0.1) is 12.7 Å². The summed E-state index contributed by atoms with van der Waals surface area (Å²) in [6, 6.07) is 18.4. The molecule has 184 valence electrons. The summed E-state index contributed by atoms with van der Waals surface area (Å²) in [5.41, 5.74) is 2.50. The maximum absolute atomic E-state index is 14.0. The minimum absolute atomic E-state index is 0.144. The number of benzene rings is 3. The SMILES string of the molecule is COc1cc(/C=C2\SC(=O)N(Cc3ccccc3F)C2=O)ccc1OCC(=O)Nc1ccccc1C. The van der Waals surface area contributed by atoms with Gasteiger partial charge in [0.25, 0.3) is 17.1 Å². The number of amides is 3. The number of nitrogens with zero attached hydrogens (tertiary/aromatic N) is 1. The Morgan fingerprint density at radius 3 is 2.56 bits per heavy atom. The van der Waals surface area contributed by atoms with Crippen LogP contribution in [-0.2, 0) is 16.1 Å². The number of imide groups is 1. The van der Waals surface area contributed by atoms with E-state index in [0.717, 1.165) is 22.2 Å². The highest BCUT2D eigenvalue weighted by Crippen LogP contribution is 2.35. The van der Waals surface area contributed by atoms with E-state index in [-0.39, 0.29) is 29.5 Å². The Kier molecular flexibility index (Phi) is 7.70. The number of carbonyl (C=O) groups excluding carboxylic acids is 3. The second-order valence-electron chi connectivity index (χ2n) is 7.92. The van der Waals surface area contributed by atoms with Gasteiger partial charge in [0, 0.05) is 11.3 Å². The molecule has 4 rings (SSSR count). The lowest BCUT2D eigenvalue weighted by Crippen LogP contribution is -2.27. The lowest BCUT2D eigenvalue weighted by Gasteiger charge is -2.13. The first-order chi connectivity index (χ1) is 17.4. The topological polar surface area (TPSA) is 84.9 Å². The van der Waals surface area contributed by atoms with Crippen molar-refractivity contribution in [3.05, 3.63) is 94.1 Å². The Bertz CT molecular complexity index is 1360. The number of methoxy groups -OCH3 is 1. The largest absolute Gasteiger partial charge is 0.493 e. The minimum atomic E-state index is -0.500. The molecule has 7 nitrogen and oxygen atoms in total. The summed E-state index contributed by atoms with van der Waals surface area (Å²) < 4.78 is 25.0. The smallest absolute Gasteiger partial charge is 0.293 e. The first kappa shape index (κ1) is 25.0. The Labute approximate surface area is 211 Å². The second-order valence-corrected chi connectivity index (χ2v) is 8.91. The van der Waals surface area contributed by atoms with Gasteiger partial charge in [-0.1, -0.05) is 42.5 Å². The molecule has 1 aliphatic rings. The normalized spacial score (nSPS) is 14.3. The highest BCUT2D eigenvalue weighted by molar-refractivity contribution is 8.18. The van der Waals surface area contributed by atoms with E-state index in [4.69, 9.17) is 9.47 Å². The van der Waals surface area contributed by atoms with Crippen molar-refractivity contribution in [3.63, 3.8) is 0 Å². The number of hydrogen-bond acceptors (Lipinski definition) is 6. The lowest BCUT2D eigenvalue weighted by molar-refractivity contribution is -0.123. The molecular formula is C27H23FN2O5S. The zero-order valence-corrected chi connectivity index (χ0v) is 20.4. The molecule has 9 heteroatoms. The molecule has 3 aromatic rings. The van der Waals surface area contributed by atoms with E-state index in [0.29, 0.717) is 22.7 Å². The first-order valence-electron chi connectivity index (χ1n) is 11.0. The zero-order chi connectivity index (χ0) is 25.7. The van der Waals surface area contributed by atoms with Gasteiger partial charge in [-0.05, 0) is 60.2 Å². The molecule has 1 saturated heterocycles. The van der Waals surface area contributed by atoms with Crippen LogP contribution < -0.4 is 14.8 Å². The molecule has 0 bridgehead atoms. The number of nitrogens with one attached hydrogen (secondary N) is 1. The Morgan fingerprint density at radius 2 is 1.81 bits per heavy atom. The van der Waals surface area contributed by atoms with Gasteiger partial charge in [-0.15, -0.1) is 0 Å². The molecule has 1 heterocycles. The van der Waals surface area contributed by atoms with Gasteiger partial charge in [-0.2, -0.15) is 0 Å². The maximum Gasteiger partial charge on any atom is 0.293 e. The van der Waals surface area contributed by atoms with Crippen LogP contribution in [0.5, 0.6) is 11.5 Å². The molecule has 0 atom stereocenters. The van der Waals surface area contributed by atoms with Crippen LogP contribution in [0.1, 0.15) is 16.7 Å². The molecule has 0 radical (unpaired) electrons. The van der Waals surface area contributed by atoms with Crippen LogP contribution in [0.2, 0.25) is 0 Å². The van der Waals surface area contributed by atoms with Crippen LogP contribution in [0.4, 0.5) is 14.9 Å². The van der Waals surface area contributed by atoms with Crippen molar-refractivity contribution in [1.29, 1.82) is 0 Å². The fourth-order valence-corrected chi connectivity index (χ4v) is 4.36. The Morgan fingerprint density at radius 1 is 1.06 bits per heavy atom. The van der Waals surface area contributed by atoms with E-state index in [9.17, 15) is 18.8 Å². The molecule has 1 aliphatic heterocycles. The lowest BCUT2D eigenvalue weighted by atomic mass is 10.1. The number of ether oxygens (including phenoxy) is 2. The standard InChI is InChI=1S/C27H23FN2O5S/c1-17-7-3-6-10-21(17)29-25(31)16-35-22-12-11-18(13-23(22)34-2)14-24-26(32)30(27(33)36-24)15-19-8-4-5-9-20(19)28/h3-14H,15-16H2,1-2H3,(H,29,31)/b24-14-. The molecule has 3 amide bonds. The maximum atomic E-state index is 14.0. The monoisotopic (exact) mass is 506 g/mol. The average Bonchev–Trinajstić information content (AvgIpc) is 3.13. The molecule has 3 aromatic carbocycles. The number of rotatable bonds is 8. The summed E-state index contributed by atoms with van der Waals surface area (Å²) in [5, 5.41) is 2.33. The van der Waals surface area contributed by atoms with Crippen LogP contribution >= 0.6 is 11.8 Å². The third-order valence-electron chi connectivity index (χ3n) is 5.42. The van der Waals surface area contributed by atoms with Gasteiger partial charge in [0.2, 0.25) is 0 Å². The van der Waals surface area contributed by atoms with Crippen molar-refractivity contribution in [3.8, 4) is 11.5 Å². The number of carbonyl (C=O) groups is 3. The quantitative estimate of drug-likeness (QED) is 0.412. The number of para-hydroxylation sites is 1. The summed E-state index contributed by atoms with van der Waals surface area (Å²) in [6.07, 6.45) is 1.56. The molecule has 0 spiro atoms. The molecule has 1 fully saturated rings. The summed E-state index contributed by atoms with van der Waals surface area (Å²) in [6.45, 7) is 1.53. The van der Waals surface area contributed by atoms with Crippen LogP contribution in [0.15, 0.2) is 71.6 Å². The van der Waals surface area contributed by atoms with Gasteiger partial charge in [-0.25, -0.2) is 4.39 Å². The van der Waals surface area contributed by atoms with Gasteiger partial charge in [0.15, 0.2) is 18.1 Å². The average molecular weight is 507 g/mol. The Hall–Kier alpha value is -4.11. The molecule has 0 unspecified atom stereocenters. The number of anilines is 1. The third kappa shape index (κ3) is 5.75. The van der Waals surface area contributed by atoms with Gasteiger partial charge in [0.05, 0.1) is 18.6 Å². The number of aryl methyl sites for hydroxylation is 1. The fourth-order valence-electron chi connectivity index (χ4n) is 3.52. The molecule has 1 N–H and O–H groups in total. The summed E-state index contributed by atoms with van der Waals surface area (Å²) in [4.78, 5) is 38.7. The van der Waals surface area contributed by atoms with E-state index >= 15 is 0 Å². The van der Waals surface area contributed by atoms with E-state index in [1.54, 1.807) is 42.5 Å². The number of hydrogen-bond donors (Lipinski definition) is 1. The summed E-state index contributed by atoms with van der Waals surface area (Å²) in [7, 11) is 1.46. The zero-order valence-electron chi connectivity index (χ0n) is 19.6. The molecule has 0 aromatic heterocycles. The van der Waals surface area contributed by atoms with Crippen molar-refractivity contribution in [2.24, 2.45) is 0 Å².